The van der Waals surface area contributed by atoms with Gasteiger partial charge in [-0.2, -0.15) is 4.89 Å². The Balaban J connectivity index is 2.79. The predicted octanol–water partition coefficient (Wildman–Crippen LogP) is 2.38. The van der Waals surface area contributed by atoms with Crippen LogP contribution in [0.4, 0.5) is 0 Å². The Labute approximate surface area is 97.1 Å². The monoisotopic (exact) mass is 227 g/mol. The van der Waals surface area contributed by atoms with E-state index in [1.54, 1.807) is 0 Å². The summed E-state index contributed by atoms with van der Waals surface area (Å²) in [5.41, 5.74) is -0.685. The molecule has 92 valence electrons. The summed E-state index contributed by atoms with van der Waals surface area (Å²) in [6.07, 6.45) is 4.60. The molecule has 0 aliphatic heterocycles. The fourth-order valence-electron chi connectivity index (χ4n) is 2.96. The molecule has 3 atom stereocenters. The third kappa shape index (κ3) is 2.66. The topological polar surface area (TPSA) is 62.5 Å². The molecule has 1 saturated carbocycles. The van der Waals surface area contributed by atoms with Gasteiger partial charge in [0, 0.05) is 5.92 Å². The van der Waals surface area contributed by atoms with Crippen molar-refractivity contribution in [2.24, 2.45) is 11.8 Å². The van der Waals surface area contributed by atoms with Gasteiger partial charge in [-0.05, 0) is 31.6 Å². The molecule has 0 spiro atoms. The Morgan fingerprint density at radius 1 is 1.56 bits per heavy atom. The first kappa shape index (κ1) is 13.3. The SMILES string of the molecule is CCC1(O)CCCC(OOC#N)C1C(C)C. The lowest BCUT2D eigenvalue weighted by molar-refractivity contribution is -0.311. The molecule has 0 aromatic carbocycles. The molecule has 4 nitrogen and oxygen atoms in total. The minimum atomic E-state index is -0.685. The third-order valence-electron chi connectivity index (χ3n) is 3.66. The van der Waals surface area contributed by atoms with Crippen molar-refractivity contribution < 1.29 is 14.9 Å². The fraction of sp³-hybridized carbons (Fsp3) is 0.917. The van der Waals surface area contributed by atoms with Crippen molar-refractivity contribution in [3.63, 3.8) is 0 Å². The van der Waals surface area contributed by atoms with Crippen molar-refractivity contribution in [3.8, 4) is 6.26 Å². The van der Waals surface area contributed by atoms with Crippen molar-refractivity contribution in [1.82, 2.24) is 0 Å². The highest BCUT2D eigenvalue weighted by Crippen LogP contribution is 2.41. The number of nitriles is 1. The van der Waals surface area contributed by atoms with Crippen molar-refractivity contribution in [3.05, 3.63) is 0 Å². The van der Waals surface area contributed by atoms with Gasteiger partial charge in [0.1, 0.15) is 6.10 Å². The van der Waals surface area contributed by atoms with E-state index >= 15 is 0 Å². The number of rotatable bonds is 4. The second-order valence-electron chi connectivity index (χ2n) is 4.93. The second-order valence-corrected chi connectivity index (χ2v) is 4.93. The molecule has 1 N–H and O–H groups in total. The van der Waals surface area contributed by atoms with Gasteiger partial charge < -0.3 is 5.11 Å². The van der Waals surface area contributed by atoms with E-state index in [4.69, 9.17) is 10.1 Å². The molecular weight excluding hydrogens is 206 g/mol. The van der Waals surface area contributed by atoms with Gasteiger partial charge in [0.2, 0.25) is 0 Å². The smallest absolute Gasteiger partial charge is 0.324 e. The molecule has 0 radical (unpaired) electrons. The summed E-state index contributed by atoms with van der Waals surface area (Å²) in [4.78, 5) is 9.47. The number of aliphatic hydroxyl groups is 1. The van der Waals surface area contributed by atoms with Crippen molar-refractivity contribution in [1.29, 1.82) is 5.26 Å². The van der Waals surface area contributed by atoms with Crippen LogP contribution in [0.2, 0.25) is 0 Å². The summed E-state index contributed by atoms with van der Waals surface area (Å²) in [6, 6.07) is 0. The van der Waals surface area contributed by atoms with Crippen LogP contribution < -0.4 is 0 Å². The van der Waals surface area contributed by atoms with Crippen LogP contribution >= 0.6 is 0 Å². The lowest BCUT2D eigenvalue weighted by Gasteiger charge is -2.45. The lowest BCUT2D eigenvalue weighted by Crippen LogP contribution is -2.50. The summed E-state index contributed by atoms with van der Waals surface area (Å²) in [5, 5.41) is 18.9. The van der Waals surface area contributed by atoms with Crippen LogP contribution in [0.3, 0.4) is 0 Å². The molecule has 0 aromatic rings. The summed E-state index contributed by atoms with van der Waals surface area (Å²) < 4.78 is 0. The highest BCUT2D eigenvalue weighted by molar-refractivity contribution is 4.95. The minimum Gasteiger partial charge on any atom is -0.389 e. The molecule has 1 fully saturated rings. The molecule has 4 heteroatoms. The Hall–Kier alpha value is -0.790. The van der Waals surface area contributed by atoms with Gasteiger partial charge in [-0.1, -0.05) is 20.8 Å². The minimum absolute atomic E-state index is 0.0274. The molecule has 1 aliphatic rings. The van der Waals surface area contributed by atoms with Gasteiger partial charge in [0.05, 0.1) is 5.60 Å². The maximum absolute atomic E-state index is 10.6. The highest BCUT2D eigenvalue weighted by Gasteiger charge is 2.46. The first-order chi connectivity index (χ1) is 7.55. The van der Waals surface area contributed by atoms with Gasteiger partial charge in [-0.25, -0.2) is 0 Å². The highest BCUT2D eigenvalue weighted by atomic mass is 17.2. The Morgan fingerprint density at radius 2 is 2.25 bits per heavy atom. The zero-order valence-electron chi connectivity index (χ0n) is 10.3. The van der Waals surface area contributed by atoms with Gasteiger partial charge in [-0.15, -0.1) is 5.26 Å². The van der Waals surface area contributed by atoms with Gasteiger partial charge in [0.15, 0.2) is 0 Å². The van der Waals surface area contributed by atoms with Gasteiger partial charge >= 0.3 is 6.26 Å². The average Bonchev–Trinajstić information content (AvgIpc) is 2.25. The summed E-state index contributed by atoms with van der Waals surface area (Å²) in [7, 11) is 0. The van der Waals surface area contributed by atoms with E-state index in [2.05, 4.69) is 18.7 Å². The predicted molar refractivity (Wildman–Crippen MR) is 59.0 cm³/mol. The van der Waals surface area contributed by atoms with Gasteiger partial charge in [0.25, 0.3) is 0 Å². The molecule has 3 unspecified atom stereocenters. The standard InChI is InChI=1S/C12H21NO3/c1-4-12(14)7-5-6-10(16-15-8-13)11(12)9(2)3/h9-11,14H,4-7H2,1-3H3. The molecule has 1 rings (SSSR count). The van der Waals surface area contributed by atoms with E-state index in [1.807, 2.05) is 6.92 Å². The largest absolute Gasteiger partial charge is 0.389 e. The van der Waals surface area contributed by atoms with E-state index in [9.17, 15) is 5.11 Å². The Kier molecular flexibility index (Phi) is 4.57. The zero-order chi connectivity index (χ0) is 12.2. The van der Waals surface area contributed by atoms with Crippen LogP contribution in [0, 0.1) is 23.4 Å². The first-order valence-corrected chi connectivity index (χ1v) is 5.99. The first-order valence-electron chi connectivity index (χ1n) is 5.99. The summed E-state index contributed by atoms with van der Waals surface area (Å²) >= 11 is 0. The van der Waals surface area contributed by atoms with E-state index in [0.717, 1.165) is 19.3 Å². The average molecular weight is 227 g/mol. The van der Waals surface area contributed by atoms with Crippen LogP contribution in [0.15, 0.2) is 0 Å². The molecule has 1 aliphatic carbocycles. The molecule has 0 aromatic heterocycles. The third-order valence-corrected chi connectivity index (χ3v) is 3.66. The molecule has 16 heavy (non-hydrogen) atoms. The van der Waals surface area contributed by atoms with Crippen molar-refractivity contribution in [2.75, 3.05) is 0 Å². The van der Waals surface area contributed by atoms with E-state index in [1.165, 1.54) is 6.26 Å². The van der Waals surface area contributed by atoms with Crippen molar-refractivity contribution >= 4 is 0 Å². The molecule has 0 bridgehead atoms. The molecule has 0 amide bonds. The Morgan fingerprint density at radius 3 is 2.75 bits per heavy atom. The van der Waals surface area contributed by atoms with Crippen LogP contribution in [-0.4, -0.2) is 16.8 Å². The van der Waals surface area contributed by atoms with Crippen LogP contribution in [0.25, 0.3) is 0 Å². The number of nitrogens with zero attached hydrogens (tertiary/aromatic N) is 1. The lowest BCUT2D eigenvalue weighted by atomic mass is 9.67. The molecular formula is C12H21NO3. The zero-order valence-corrected chi connectivity index (χ0v) is 10.3. The normalized spacial score (nSPS) is 34.8. The van der Waals surface area contributed by atoms with Crippen LogP contribution in [0.1, 0.15) is 46.5 Å². The van der Waals surface area contributed by atoms with E-state index < -0.39 is 5.60 Å². The number of hydrogen-bond acceptors (Lipinski definition) is 4. The Bertz CT molecular complexity index is 261. The van der Waals surface area contributed by atoms with Crippen molar-refractivity contribution in [2.45, 2.75) is 58.2 Å². The summed E-state index contributed by atoms with van der Waals surface area (Å²) in [6.45, 7) is 6.13. The van der Waals surface area contributed by atoms with Crippen LogP contribution in [0.5, 0.6) is 0 Å². The fourth-order valence-corrected chi connectivity index (χ4v) is 2.96. The quantitative estimate of drug-likeness (QED) is 0.455. The maximum Gasteiger partial charge on any atom is 0.324 e. The second kappa shape index (κ2) is 5.51. The van der Waals surface area contributed by atoms with E-state index in [0.29, 0.717) is 12.3 Å². The molecule has 0 heterocycles. The number of hydrogen-bond donors (Lipinski definition) is 1. The van der Waals surface area contributed by atoms with E-state index in [-0.39, 0.29) is 12.0 Å². The van der Waals surface area contributed by atoms with Crippen LogP contribution in [-0.2, 0) is 9.78 Å². The molecule has 0 saturated heterocycles. The summed E-state index contributed by atoms with van der Waals surface area (Å²) in [5.74, 6) is 0.331. The van der Waals surface area contributed by atoms with Gasteiger partial charge in [-0.3, -0.25) is 4.89 Å². The maximum atomic E-state index is 10.6.